The Hall–Kier alpha value is -3.01. The molecule has 0 atom stereocenters. The van der Waals surface area contributed by atoms with Gasteiger partial charge in [0.1, 0.15) is 0 Å². The second-order valence-electron chi connectivity index (χ2n) is 8.16. The highest BCUT2D eigenvalue weighted by molar-refractivity contribution is 7.89. The largest absolute Gasteiger partial charge is 0.326 e. The molecule has 0 unspecified atom stereocenters. The first-order valence-electron chi connectivity index (χ1n) is 10.6. The van der Waals surface area contributed by atoms with Crippen LogP contribution in [-0.2, 0) is 27.8 Å². The van der Waals surface area contributed by atoms with Crippen molar-refractivity contribution >= 4 is 44.5 Å². The molecule has 0 spiro atoms. The van der Waals surface area contributed by atoms with Crippen molar-refractivity contribution in [2.24, 2.45) is 5.92 Å². The molecule has 3 aromatic rings. The molecule has 4 rings (SSSR count). The second kappa shape index (κ2) is 9.46. The van der Waals surface area contributed by atoms with Crippen molar-refractivity contribution in [3.05, 3.63) is 76.0 Å². The Morgan fingerprint density at radius 3 is 2.39 bits per heavy atom. The molecule has 2 aromatic carbocycles. The van der Waals surface area contributed by atoms with E-state index in [1.165, 1.54) is 21.3 Å². The van der Waals surface area contributed by atoms with Crippen molar-refractivity contribution in [2.75, 3.05) is 17.2 Å². The molecule has 9 heteroatoms. The number of benzene rings is 2. The summed E-state index contributed by atoms with van der Waals surface area (Å²) < 4.78 is 27.8. The number of nitrogens with zero attached hydrogens (tertiary/aromatic N) is 1. The van der Waals surface area contributed by atoms with E-state index < -0.39 is 15.9 Å². The topological polar surface area (TPSA) is 95.6 Å². The fourth-order valence-corrected chi connectivity index (χ4v) is 5.86. The Balaban J connectivity index is 1.46. The SMILES string of the molecule is CC(C)C(=O)Nc1ccc(NC(=O)c2cccc(S(=O)(=O)N3CCc4sccc4C3)c2)cc1. The fraction of sp³-hybridized carbons (Fsp3) is 0.250. The number of carbonyl (C=O) groups is 2. The predicted molar refractivity (Wildman–Crippen MR) is 130 cm³/mol. The van der Waals surface area contributed by atoms with Gasteiger partial charge in [-0.2, -0.15) is 4.31 Å². The van der Waals surface area contributed by atoms with Crippen molar-refractivity contribution in [2.45, 2.75) is 31.7 Å². The van der Waals surface area contributed by atoms with E-state index in [0.717, 1.165) is 5.56 Å². The van der Waals surface area contributed by atoms with Gasteiger partial charge in [-0.15, -0.1) is 11.3 Å². The van der Waals surface area contributed by atoms with Crippen molar-refractivity contribution in [1.29, 1.82) is 0 Å². The summed E-state index contributed by atoms with van der Waals surface area (Å²) in [6.07, 6.45) is 0.694. The molecule has 7 nitrogen and oxygen atoms in total. The van der Waals surface area contributed by atoms with Crippen LogP contribution in [0.5, 0.6) is 0 Å². The molecule has 0 aliphatic carbocycles. The van der Waals surface area contributed by atoms with Gasteiger partial charge in [0, 0.05) is 40.8 Å². The average molecular weight is 484 g/mol. The zero-order valence-corrected chi connectivity index (χ0v) is 20.0. The van der Waals surface area contributed by atoms with Gasteiger partial charge in [-0.1, -0.05) is 19.9 Å². The quantitative estimate of drug-likeness (QED) is 0.545. The van der Waals surface area contributed by atoms with Gasteiger partial charge in [-0.05, 0) is 65.9 Å². The molecule has 2 heterocycles. The van der Waals surface area contributed by atoms with E-state index in [1.54, 1.807) is 47.7 Å². The van der Waals surface area contributed by atoms with Crippen molar-refractivity contribution in [1.82, 2.24) is 4.31 Å². The molecule has 172 valence electrons. The number of hydrogen-bond acceptors (Lipinski definition) is 5. The number of thiophene rings is 1. The van der Waals surface area contributed by atoms with Crippen molar-refractivity contribution < 1.29 is 18.0 Å². The van der Waals surface area contributed by atoms with Gasteiger partial charge in [-0.3, -0.25) is 9.59 Å². The molecule has 0 radical (unpaired) electrons. The second-order valence-corrected chi connectivity index (χ2v) is 11.1. The van der Waals surface area contributed by atoms with Crippen molar-refractivity contribution in [3.63, 3.8) is 0 Å². The highest BCUT2D eigenvalue weighted by Crippen LogP contribution is 2.28. The normalized spacial score (nSPS) is 14.0. The van der Waals surface area contributed by atoms with Crippen LogP contribution in [0, 0.1) is 5.92 Å². The van der Waals surface area contributed by atoms with Crippen molar-refractivity contribution in [3.8, 4) is 0 Å². The lowest BCUT2D eigenvalue weighted by molar-refractivity contribution is -0.118. The van der Waals surface area contributed by atoms with Crippen LogP contribution in [-0.4, -0.2) is 31.1 Å². The molecule has 1 aliphatic rings. The molecule has 0 saturated heterocycles. The van der Waals surface area contributed by atoms with E-state index in [0.29, 0.717) is 30.9 Å². The zero-order chi connectivity index (χ0) is 23.6. The molecule has 2 N–H and O–H groups in total. The summed E-state index contributed by atoms with van der Waals surface area (Å²) in [7, 11) is -3.72. The Kier molecular flexibility index (Phi) is 6.64. The molecule has 0 bridgehead atoms. The lowest BCUT2D eigenvalue weighted by Gasteiger charge is -2.26. The smallest absolute Gasteiger partial charge is 0.255 e. The number of nitrogens with one attached hydrogen (secondary N) is 2. The number of hydrogen-bond donors (Lipinski definition) is 2. The summed E-state index contributed by atoms with van der Waals surface area (Å²) in [6.45, 7) is 4.38. The third-order valence-corrected chi connectivity index (χ3v) is 8.31. The number of anilines is 2. The number of carbonyl (C=O) groups excluding carboxylic acids is 2. The Morgan fingerprint density at radius 2 is 1.70 bits per heavy atom. The van der Waals surface area contributed by atoms with Gasteiger partial charge >= 0.3 is 0 Å². The number of fused-ring (bicyclic) bond motifs is 1. The summed E-state index contributed by atoms with van der Waals surface area (Å²) in [4.78, 5) is 25.9. The maximum atomic E-state index is 13.2. The third-order valence-electron chi connectivity index (χ3n) is 5.44. The molecular formula is C24H25N3O4S2. The number of rotatable bonds is 6. The molecular weight excluding hydrogens is 458 g/mol. The van der Waals surface area contributed by atoms with E-state index in [-0.39, 0.29) is 22.3 Å². The van der Waals surface area contributed by atoms with E-state index in [9.17, 15) is 18.0 Å². The summed E-state index contributed by atoms with van der Waals surface area (Å²) >= 11 is 1.65. The Morgan fingerprint density at radius 1 is 1.00 bits per heavy atom. The molecule has 0 fully saturated rings. The predicted octanol–water partition coefficient (Wildman–Crippen LogP) is 4.34. The lowest BCUT2D eigenvalue weighted by atomic mass is 10.1. The summed E-state index contributed by atoms with van der Waals surface area (Å²) in [5.74, 6) is -0.635. The molecule has 1 aliphatic heterocycles. The zero-order valence-electron chi connectivity index (χ0n) is 18.4. The minimum atomic E-state index is -3.72. The minimum Gasteiger partial charge on any atom is -0.326 e. The van der Waals surface area contributed by atoms with Crippen LogP contribution in [0.1, 0.15) is 34.6 Å². The van der Waals surface area contributed by atoms with Gasteiger partial charge < -0.3 is 10.6 Å². The van der Waals surface area contributed by atoms with Gasteiger partial charge in [-0.25, -0.2) is 8.42 Å². The molecule has 33 heavy (non-hydrogen) atoms. The number of amides is 2. The van der Waals surface area contributed by atoms with E-state index in [1.807, 2.05) is 25.3 Å². The first kappa shape index (κ1) is 23.2. The first-order chi connectivity index (χ1) is 15.7. The lowest BCUT2D eigenvalue weighted by Crippen LogP contribution is -2.35. The Labute approximate surface area is 197 Å². The fourth-order valence-electron chi connectivity index (χ4n) is 3.50. The highest BCUT2D eigenvalue weighted by atomic mass is 32.2. The van der Waals surface area contributed by atoms with Gasteiger partial charge in [0.05, 0.1) is 4.90 Å². The van der Waals surface area contributed by atoms with Crippen LogP contribution < -0.4 is 10.6 Å². The van der Waals surface area contributed by atoms with Crippen LogP contribution in [0.3, 0.4) is 0 Å². The van der Waals surface area contributed by atoms with Gasteiger partial charge in [0.2, 0.25) is 15.9 Å². The summed E-state index contributed by atoms with van der Waals surface area (Å²) in [5, 5.41) is 7.54. The van der Waals surface area contributed by atoms with Gasteiger partial charge in [0.25, 0.3) is 5.91 Å². The first-order valence-corrected chi connectivity index (χ1v) is 12.9. The molecule has 2 amide bonds. The van der Waals surface area contributed by atoms with Crippen LogP contribution in [0.4, 0.5) is 11.4 Å². The van der Waals surface area contributed by atoms with Crippen LogP contribution in [0.25, 0.3) is 0 Å². The van der Waals surface area contributed by atoms with Crippen LogP contribution >= 0.6 is 11.3 Å². The van der Waals surface area contributed by atoms with Gasteiger partial charge in [0.15, 0.2) is 0 Å². The van der Waals surface area contributed by atoms with E-state index in [2.05, 4.69) is 10.6 Å². The number of sulfonamides is 1. The van der Waals surface area contributed by atoms with Crippen LogP contribution in [0.15, 0.2) is 64.9 Å². The maximum absolute atomic E-state index is 13.2. The van der Waals surface area contributed by atoms with E-state index in [4.69, 9.17) is 0 Å². The Bertz CT molecular complexity index is 1280. The summed E-state index contributed by atoms with van der Waals surface area (Å²) in [5.41, 5.74) is 2.46. The standard InChI is InChI=1S/C24H25N3O4S2/c1-16(2)23(28)25-19-6-8-20(9-7-19)26-24(29)17-4-3-5-21(14-17)33(30,31)27-12-10-22-18(15-27)11-13-32-22/h3-9,11,13-14,16H,10,12,15H2,1-2H3,(H,25,28)(H,26,29). The van der Waals surface area contributed by atoms with E-state index >= 15 is 0 Å². The maximum Gasteiger partial charge on any atom is 0.255 e. The van der Waals surface area contributed by atoms with Crippen LogP contribution in [0.2, 0.25) is 0 Å². The summed E-state index contributed by atoms with van der Waals surface area (Å²) in [6, 6.07) is 14.8. The minimum absolute atomic E-state index is 0.0891. The average Bonchev–Trinajstić information content (AvgIpc) is 3.28. The molecule has 0 saturated carbocycles. The monoisotopic (exact) mass is 483 g/mol. The highest BCUT2D eigenvalue weighted by Gasteiger charge is 2.29. The third kappa shape index (κ3) is 5.16. The molecule has 1 aromatic heterocycles.